The second-order valence-corrected chi connectivity index (χ2v) is 6.31. The molecular formula is C14H16INO. The Morgan fingerprint density at radius 3 is 2.71 bits per heavy atom. The molecule has 0 radical (unpaired) electrons. The summed E-state index contributed by atoms with van der Waals surface area (Å²) in [6, 6.07) is 8.66. The summed E-state index contributed by atoms with van der Waals surface area (Å²) in [5, 5.41) is 0. The van der Waals surface area contributed by atoms with Crippen LogP contribution in [0.15, 0.2) is 24.3 Å². The molecular weight excluding hydrogens is 325 g/mol. The number of nitrogens with zero attached hydrogens (tertiary/aromatic N) is 1. The molecule has 3 aliphatic heterocycles. The molecule has 2 bridgehead atoms. The van der Waals surface area contributed by atoms with Gasteiger partial charge in [0.2, 0.25) is 0 Å². The molecule has 3 heterocycles. The third-order valence-electron chi connectivity index (χ3n) is 4.02. The molecule has 4 rings (SSSR count). The number of ketones is 1. The topological polar surface area (TPSA) is 20.3 Å². The number of piperidine rings is 3. The summed E-state index contributed by atoms with van der Waals surface area (Å²) in [4.78, 5) is 14.6. The van der Waals surface area contributed by atoms with Crippen LogP contribution in [0.5, 0.6) is 0 Å². The van der Waals surface area contributed by atoms with Gasteiger partial charge in [-0.25, -0.2) is 0 Å². The van der Waals surface area contributed by atoms with Gasteiger partial charge < -0.3 is 0 Å². The van der Waals surface area contributed by atoms with Crippen molar-refractivity contribution in [2.75, 3.05) is 13.1 Å². The maximum atomic E-state index is 12.2. The standard InChI is InChI=1S/C14H16INO/c15-12-3-1-2-10(8-12)9-13-14(17)11-4-6-16(13)7-5-11/h1-3,8,11,13H,4-7,9H2. The molecule has 0 saturated carbocycles. The van der Waals surface area contributed by atoms with E-state index >= 15 is 0 Å². The number of hydrogen-bond donors (Lipinski definition) is 0. The van der Waals surface area contributed by atoms with Gasteiger partial charge in [0.05, 0.1) is 6.04 Å². The van der Waals surface area contributed by atoms with Crippen molar-refractivity contribution < 1.29 is 4.79 Å². The number of benzene rings is 1. The van der Waals surface area contributed by atoms with E-state index in [1.54, 1.807) is 0 Å². The Bertz CT molecular complexity index is 438. The minimum atomic E-state index is 0.153. The molecule has 0 spiro atoms. The zero-order valence-electron chi connectivity index (χ0n) is 9.73. The first-order valence-corrected chi connectivity index (χ1v) is 7.34. The molecule has 3 fully saturated rings. The van der Waals surface area contributed by atoms with Crippen LogP contribution < -0.4 is 0 Å². The quantitative estimate of drug-likeness (QED) is 0.771. The van der Waals surface area contributed by atoms with Crippen molar-refractivity contribution in [1.82, 2.24) is 4.90 Å². The van der Waals surface area contributed by atoms with Crippen molar-refractivity contribution in [1.29, 1.82) is 0 Å². The largest absolute Gasteiger partial charge is 0.298 e. The molecule has 0 aliphatic carbocycles. The van der Waals surface area contributed by atoms with Gasteiger partial charge in [0.1, 0.15) is 0 Å². The second-order valence-electron chi connectivity index (χ2n) is 5.06. The minimum absolute atomic E-state index is 0.153. The third kappa shape index (κ3) is 2.27. The molecule has 0 amide bonds. The second kappa shape index (κ2) is 4.69. The molecule has 1 atom stereocenters. The normalized spacial score (nSPS) is 31.8. The number of rotatable bonds is 2. The molecule has 3 saturated heterocycles. The summed E-state index contributed by atoms with van der Waals surface area (Å²) >= 11 is 2.33. The number of carbonyl (C=O) groups excluding carboxylic acids is 1. The lowest BCUT2D eigenvalue weighted by molar-refractivity contribution is -0.136. The van der Waals surface area contributed by atoms with Gasteiger partial charge in [-0.05, 0) is 72.6 Å². The van der Waals surface area contributed by atoms with E-state index in [1.807, 2.05) is 0 Å². The van der Waals surface area contributed by atoms with Crippen LogP contribution in [-0.4, -0.2) is 29.8 Å². The fourth-order valence-corrected chi connectivity index (χ4v) is 3.67. The number of hydrogen-bond acceptors (Lipinski definition) is 2. The molecule has 0 N–H and O–H groups in total. The van der Waals surface area contributed by atoms with Crippen LogP contribution in [0.25, 0.3) is 0 Å². The maximum absolute atomic E-state index is 12.2. The summed E-state index contributed by atoms with van der Waals surface area (Å²) in [7, 11) is 0. The van der Waals surface area contributed by atoms with Gasteiger partial charge in [-0.15, -0.1) is 0 Å². The van der Waals surface area contributed by atoms with Crippen LogP contribution in [-0.2, 0) is 11.2 Å². The third-order valence-corrected chi connectivity index (χ3v) is 4.69. The fourth-order valence-electron chi connectivity index (χ4n) is 3.06. The highest BCUT2D eigenvalue weighted by molar-refractivity contribution is 14.1. The lowest BCUT2D eigenvalue weighted by Crippen LogP contribution is -2.56. The van der Waals surface area contributed by atoms with Crippen molar-refractivity contribution in [2.45, 2.75) is 25.3 Å². The zero-order chi connectivity index (χ0) is 11.8. The van der Waals surface area contributed by atoms with Crippen molar-refractivity contribution in [3.05, 3.63) is 33.4 Å². The highest BCUT2D eigenvalue weighted by Gasteiger charge is 2.40. The van der Waals surface area contributed by atoms with E-state index in [1.165, 1.54) is 9.13 Å². The van der Waals surface area contributed by atoms with Gasteiger partial charge in [-0.1, -0.05) is 12.1 Å². The van der Waals surface area contributed by atoms with E-state index in [9.17, 15) is 4.79 Å². The van der Waals surface area contributed by atoms with Crippen LogP contribution in [0.1, 0.15) is 18.4 Å². The van der Waals surface area contributed by atoms with Crippen LogP contribution in [0, 0.1) is 9.49 Å². The number of halogens is 1. The molecule has 17 heavy (non-hydrogen) atoms. The molecule has 90 valence electrons. The van der Waals surface area contributed by atoms with E-state index < -0.39 is 0 Å². The monoisotopic (exact) mass is 341 g/mol. The summed E-state index contributed by atoms with van der Waals surface area (Å²) in [5.41, 5.74) is 1.29. The minimum Gasteiger partial charge on any atom is -0.298 e. The van der Waals surface area contributed by atoms with Gasteiger partial charge in [-0.3, -0.25) is 9.69 Å². The SMILES string of the molecule is O=C1C2CCN(CC2)C1Cc1cccc(I)c1. The Kier molecular flexibility index (Phi) is 3.21. The van der Waals surface area contributed by atoms with Gasteiger partial charge in [0.25, 0.3) is 0 Å². The molecule has 3 heteroatoms. The predicted octanol–water partition coefficient (Wildman–Crippen LogP) is 2.50. The molecule has 1 unspecified atom stereocenters. The maximum Gasteiger partial charge on any atom is 0.153 e. The van der Waals surface area contributed by atoms with E-state index in [0.717, 1.165) is 32.4 Å². The van der Waals surface area contributed by atoms with Gasteiger partial charge in [-0.2, -0.15) is 0 Å². The molecule has 1 aromatic rings. The highest BCUT2D eigenvalue weighted by Crippen LogP contribution is 2.30. The van der Waals surface area contributed by atoms with Crippen molar-refractivity contribution >= 4 is 28.4 Å². The Hall–Kier alpha value is -0.420. The average Bonchev–Trinajstić information content (AvgIpc) is 2.34. The number of fused-ring (bicyclic) bond motifs is 3. The summed E-state index contributed by atoms with van der Waals surface area (Å²) in [5.74, 6) is 0.842. The summed E-state index contributed by atoms with van der Waals surface area (Å²) in [6.07, 6.45) is 3.06. The van der Waals surface area contributed by atoms with Crippen LogP contribution in [0.4, 0.5) is 0 Å². The van der Waals surface area contributed by atoms with Gasteiger partial charge in [0, 0.05) is 9.49 Å². The Labute approximate surface area is 116 Å². The van der Waals surface area contributed by atoms with Crippen LogP contribution >= 0.6 is 22.6 Å². The highest BCUT2D eigenvalue weighted by atomic mass is 127. The van der Waals surface area contributed by atoms with Crippen molar-refractivity contribution in [3.63, 3.8) is 0 Å². The van der Waals surface area contributed by atoms with Crippen molar-refractivity contribution in [3.8, 4) is 0 Å². The Morgan fingerprint density at radius 1 is 1.29 bits per heavy atom. The first-order chi connectivity index (χ1) is 8.24. The van der Waals surface area contributed by atoms with Gasteiger partial charge in [0.15, 0.2) is 5.78 Å². The average molecular weight is 341 g/mol. The fraction of sp³-hybridized carbons (Fsp3) is 0.500. The number of Topliss-reactive ketones (excluding diaryl/α,β-unsaturated/α-hetero) is 1. The number of carbonyl (C=O) groups is 1. The van der Waals surface area contributed by atoms with E-state index in [2.05, 4.69) is 51.8 Å². The first kappa shape index (κ1) is 11.7. The lowest BCUT2D eigenvalue weighted by atomic mass is 9.80. The smallest absolute Gasteiger partial charge is 0.153 e. The van der Waals surface area contributed by atoms with E-state index in [-0.39, 0.29) is 6.04 Å². The van der Waals surface area contributed by atoms with E-state index in [4.69, 9.17) is 0 Å². The molecule has 0 aromatic heterocycles. The lowest BCUT2D eigenvalue weighted by Gasteiger charge is -2.44. The summed E-state index contributed by atoms with van der Waals surface area (Å²) in [6.45, 7) is 2.23. The van der Waals surface area contributed by atoms with Crippen molar-refractivity contribution in [2.24, 2.45) is 5.92 Å². The Morgan fingerprint density at radius 2 is 2.06 bits per heavy atom. The molecule has 1 aromatic carbocycles. The van der Waals surface area contributed by atoms with E-state index in [0.29, 0.717) is 11.7 Å². The van der Waals surface area contributed by atoms with Gasteiger partial charge >= 0.3 is 0 Å². The predicted molar refractivity (Wildman–Crippen MR) is 76.0 cm³/mol. The van der Waals surface area contributed by atoms with Crippen LogP contribution in [0.2, 0.25) is 0 Å². The first-order valence-electron chi connectivity index (χ1n) is 6.26. The molecule has 3 aliphatic rings. The Balaban J connectivity index is 1.79. The van der Waals surface area contributed by atoms with Crippen LogP contribution in [0.3, 0.4) is 0 Å². The zero-order valence-corrected chi connectivity index (χ0v) is 11.9. The molecule has 2 nitrogen and oxygen atoms in total. The summed E-state index contributed by atoms with van der Waals surface area (Å²) < 4.78 is 1.25.